The molecule has 0 aliphatic heterocycles. The maximum Gasteiger partial charge on any atom is 0.271 e. The van der Waals surface area contributed by atoms with Crippen LogP contribution >= 0.6 is 11.6 Å². The van der Waals surface area contributed by atoms with Gasteiger partial charge in [-0.25, -0.2) is 9.37 Å². The van der Waals surface area contributed by atoms with Gasteiger partial charge in [-0.3, -0.25) is 14.6 Å². The molecule has 0 saturated carbocycles. The van der Waals surface area contributed by atoms with Crippen molar-refractivity contribution >= 4 is 23.4 Å². The third-order valence-electron chi connectivity index (χ3n) is 4.21. The minimum Gasteiger partial charge on any atom is -0.484 e. The molecule has 2 amide bonds. The molecule has 0 radical (unpaired) electrons. The number of nitrogens with one attached hydrogen (secondary N) is 2. The molecule has 0 aliphatic rings. The molecule has 8 nitrogen and oxygen atoms in total. The van der Waals surface area contributed by atoms with Crippen LogP contribution in [0, 0.1) is 12.7 Å². The number of hydrogen-bond donors (Lipinski definition) is 3. The number of ether oxygens (including phenoxy) is 1. The predicted octanol–water partition coefficient (Wildman–Crippen LogP) is 2.20. The van der Waals surface area contributed by atoms with Crippen LogP contribution in [0.4, 0.5) is 4.39 Å². The lowest BCUT2D eigenvalue weighted by atomic mass is 10.0. The molecule has 2 rings (SSSR count). The lowest BCUT2D eigenvalue weighted by Gasteiger charge is -2.22. The predicted molar refractivity (Wildman–Crippen MR) is 113 cm³/mol. The number of rotatable bonds is 10. The molecule has 2 atom stereocenters. The normalized spacial score (nSPS) is 12.5. The van der Waals surface area contributed by atoms with Crippen LogP contribution in [-0.2, 0) is 4.79 Å². The van der Waals surface area contributed by atoms with Gasteiger partial charge in [0.05, 0.1) is 29.1 Å². The fraction of sp³-hybridized carbons (Fsp3) is 0.333. The Hall–Kier alpha value is -3.04. The maximum absolute atomic E-state index is 13.4. The summed E-state index contributed by atoms with van der Waals surface area (Å²) in [6.07, 6.45) is 1.99. The summed E-state index contributed by atoms with van der Waals surface area (Å²) in [6, 6.07) is 3.30. The number of aliphatic hydroxyl groups is 1. The summed E-state index contributed by atoms with van der Waals surface area (Å²) >= 11 is 5.61. The lowest BCUT2D eigenvalue weighted by molar-refractivity contribution is -0.123. The Balaban J connectivity index is 1.81. The molecule has 1 aromatic carbocycles. The van der Waals surface area contributed by atoms with Gasteiger partial charge in [-0.2, -0.15) is 0 Å². The summed E-state index contributed by atoms with van der Waals surface area (Å²) in [5.74, 6) is -1.44. The van der Waals surface area contributed by atoms with Gasteiger partial charge >= 0.3 is 0 Å². The molecule has 3 N–H and O–H groups in total. The molecule has 10 heteroatoms. The second-order valence-electron chi connectivity index (χ2n) is 6.97. The SMILES string of the molecule is C=C(C)C(CC(O)CNC(=O)c1cnc(C)cn1)NC(=O)COc1ccc(Cl)c(F)c1. The minimum atomic E-state index is -0.948. The van der Waals surface area contributed by atoms with Crippen LogP contribution < -0.4 is 15.4 Å². The van der Waals surface area contributed by atoms with Gasteiger partial charge in [0.25, 0.3) is 11.8 Å². The van der Waals surface area contributed by atoms with Gasteiger partial charge in [-0.05, 0) is 32.4 Å². The van der Waals surface area contributed by atoms with E-state index < -0.39 is 29.8 Å². The molecule has 0 bridgehead atoms. The van der Waals surface area contributed by atoms with Crippen LogP contribution in [0.2, 0.25) is 5.02 Å². The maximum atomic E-state index is 13.4. The highest BCUT2D eigenvalue weighted by molar-refractivity contribution is 6.30. The number of halogens is 2. The van der Waals surface area contributed by atoms with Gasteiger partial charge in [0.1, 0.15) is 17.3 Å². The molecular weight excluding hydrogens is 427 g/mol. The van der Waals surface area contributed by atoms with E-state index in [0.717, 1.165) is 6.07 Å². The number of carbonyl (C=O) groups excluding carboxylic acids is 2. The van der Waals surface area contributed by atoms with Crippen molar-refractivity contribution < 1.29 is 23.8 Å². The summed E-state index contributed by atoms with van der Waals surface area (Å²) in [7, 11) is 0. The highest BCUT2D eigenvalue weighted by Crippen LogP contribution is 2.20. The van der Waals surface area contributed by atoms with Crippen LogP contribution in [0.5, 0.6) is 5.75 Å². The Morgan fingerprint density at radius 1 is 1.32 bits per heavy atom. The van der Waals surface area contributed by atoms with Crippen LogP contribution in [-0.4, -0.2) is 52.2 Å². The minimum absolute atomic E-state index is 0.0466. The van der Waals surface area contributed by atoms with Gasteiger partial charge in [0.15, 0.2) is 6.61 Å². The quantitative estimate of drug-likeness (QED) is 0.478. The Bertz CT molecular complexity index is 939. The summed E-state index contributed by atoms with van der Waals surface area (Å²) in [5.41, 5.74) is 1.43. The van der Waals surface area contributed by atoms with Crippen molar-refractivity contribution in [3.8, 4) is 5.75 Å². The molecule has 0 saturated heterocycles. The van der Waals surface area contributed by atoms with Crippen molar-refractivity contribution in [2.24, 2.45) is 0 Å². The Kier molecular flexibility index (Phi) is 8.89. The molecule has 166 valence electrons. The Morgan fingerprint density at radius 2 is 2.06 bits per heavy atom. The van der Waals surface area contributed by atoms with E-state index >= 15 is 0 Å². The van der Waals surface area contributed by atoms with Crippen LogP contribution in [0.1, 0.15) is 29.5 Å². The van der Waals surface area contributed by atoms with Gasteiger partial charge in [0.2, 0.25) is 0 Å². The van der Waals surface area contributed by atoms with Crippen molar-refractivity contribution in [3.05, 3.63) is 65.0 Å². The molecule has 0 aliphatic carbocycles. The van der Waals surface area contributed by atoms with E-state index in [1.165, 1.54) is 24.5 Å². The lowest BCUT2D eigenvalue weighted by Crippen LogP contribution is -2.42. The second-order valence-corrected chi connectivity index (χ2v) is 7.38. The van der Waals surface area contributed by atoms with Crippen molar-refractivity contribution in [3.63, 3.8) is 0 Å². The molecular formula is C21H24ClFN4O4. The number of amides is 2. The third-order valence-corrected chi connectivity index (χ3v) is 4.52. The Morgan fingerprint density at radius 3 is 2.68 bits per heavy atom. The first kappa shape index (κ1) is 24.2. The summed E-state index contributed by atoms with van der Waals surface area (Å²) < 4.78 is 18.7. The Labute approximate surface area is 184 Å². The molecule has 1 heterocycles. The van der Waals surface area contributed by atoms with Crippen molar-refractivity contribution in [2.45, 2.75) is 32.4 Å². The van der Waals surface area contributed by atoms with Crippen molar-refractivity contribution in [1.29, 1.82) is 0 Å². The summed E-state index contributed by atoms with van der Waals surface area (Å²) in [6.45, 7) is 6.87. The van der Waals surface area contributed by atoms with E-state index in [-0.39, 0.29) is 36.0 Å². The zero-order valence-corrected chi connectivity index (χ0v) is 17.9. The highest BCUT2D eigenvalue weighted by atomic mass is 35.5. The zero-order chi connectivity index (χ0) is 23.0. The first-order valence-corrected chi connectivity index (χ1v) is 9.81. The molecule has 0 fully saturated rings. The van der Waals surface area contributed by atoms with Gasteiger partial charge in [0, 0.05) is 18.8 Å². The van der Waals surface area contributed by atoms with Crippen molar-refractivity contribution in [1.82, 2.24) is 20.6 Å². The first-order valence-electron chi connectivity index (χ1n) is 9.43. The van der Waals surface area contributed by atoms with Crippen LogP contribution in [0.3, 0.4) is 0 Å². The third kappa shape index (κ3) is 7.95. The fourth-order valence-electron chi connectivity index (χ4n) is 2.50. The topological polar surface area (TPSA) is 113 Å². The second kappa shape index (κ2) is 11.4. The molecule has 0 spiro atoms. The largest absolute Gasteiger partial charge is 0.484 e. The van der Waals surface area contributed by atoms with E-state index in [1.54, 1.807) is 13.8 Å². The number of benzene rings is 1. The van der Waals surface area contributed by atoms with Gasteiger partial charge in [-0.15, -0.1) is 0 Å². The number of aromatic nitrogens is 2. The average molecular weight is 451 g/mol. The van der Waals surface area contributed by atoms with E-state index in [1.807, 2.05) is 0 Å². The number of carbonyl (C=O) groups is 2. The van der Waals surface area contributed by atoms with Crippen molar-refractivity contribution in [2.75, 3.05) is 13.2 Å². The first-order chi connectivity index (χ1) is 14.7. The zero-order valence-electron chi connectivity index (χ0n) is 17.2. The van der Waals surface area contributed by atoms with Crippen LogP contribution in [0.15, 0.2) is 42.7 Å². The molecule has 31 heavy (non-hydrogen) atoms. The number of aliphatic hydroxyl groups excluding tert-OH is 1. The van der Waals surface area contributed by atoms with E-state index in [0.29, 0.717) is 11.3 Å². The fourth-order valence-corrected chi connectivity index (χ4v) is 2.62. The van der Waals surface area contributed by atoms with Gasteiger partial charge < -0.3 is 20.5 Å². The smallest absolute Gasteiger partial charge is 0.271 e. The molecule has 2 aromatic rings. The van der Waals surface area contributed by atoms with Gasteiger partial charge in [-0.1, -0.05) is 23.8 Å². The number of hydrogen-bond acceptors (Lipinski definition) is 6. The van der Waals surface area contributed by atoms with E-state index in [9.17, 15) is 19.1 Å². The van der Waals surface area contributed by atoms with Crippen LogP contribution in [0.25, 0.3) is 0 Å². The van der Waals surface area contributed by atoms with E-state index in [4.69, 9.17) is 16.3 Å². The summed E-state index contributed by atoms with van der Waals surface area (Å²) in [5, 5.41) is 15.5. The standard InChI is InChI=1S/C21H24ClFN4O4/c1-12(2)18(27-20(29)11-31-15-4-5-16(22)17(23)7-15)6-14(28)9-26-21(30)19-10-24-13(3)8-25-19/h4-5,7-8,10,14,18,28H,1,6,9,11H2,2-3H3,(H,26,30)(H,27,29). The molecule has 1 aromatic heterocycles. The molecule has 2 unspecified atom stereocenters. The average Bonchev–Trinajstić information content (AvgIpc) is 2.72. The monoisotopic (exact) mass is 450 g/mol. The van der Waals surface area contributed by atoms with E-state index in [2.05, 4.69) is 27.2 Å². The number of nitrogens with zero attached hydrogens (tertiary/aromatic N) is 2. The number of aryl methyl sites for hydroxylation is 1. The highest BCUT2D eigenvalue weighted by Gasteiger charge is 2.19. The summed E-state index contributed by atoms with van der Waals surface area (Å²) in [4.78, 5) is 32.2.